The van der Waals surface area contributed by atoms with Crippen LogP contribution in [0, 0.1) is 12.8 Å². The Balaban J connectivity index is 1.42. The average Bonchev–Trinajstić information content (AvgIpc) is 3.24. The molecule has 5 rings (SSSR count). The van der Waals surface area contributed by atoms with Gasteiger partial charge in [0.1, 0.15) is 11.6 Å². The molecule has 0 unspecified atom stereocenters. The molecule has 1 saturated heterocycles. The van der Waals surface area contributed by atoms with Gasteiger partial charge in [-0.15, -0.1) is 0 Å². The van der Waals surface area contributed by atoms with Crippen molar-refractivity contribution in [2.45, 2.75) is 53.4 Å². The van der Waals surface area contributed by atoms with Gasteiger partial charge in [-0.3, -0.25) is 4.79 Å². The fraction of sp³-hybridized carbons (Fsp3) is 0.419. The fourth-order valence-electron chi connectivity index (χ4n) is 5.06. The molecule has 7 heteroatoms. The van der Waals surface area contributed by atoms with Crippen molar-refractivity contribution in [1.29, 1.82) is 0 Å². The number of benzene rings is 2. The van der Waals surface area contributed by atoms with Gasteiger partial charge in [0.25, 0.3) is 5.91 Å². The van der Waals surface area contributed by atoms with Crippen molar-refractivity contribution in [3.63, 3.8) is 0 Å². The van der Waals surface area contributed by atoms with Crippen molar-refractivity contribution in [3.05, 3.63) is 77.2 Å². The number of carbonyl (C=O) groups is 1. The zero-order valence-corrected chi connectivity index (χ0v) is 23.4. The maximum Gasteiger partial charge on any atom is 0.253 e. The summed E-state index contributed by atoms with van der Waals surface area (Å²) < 4.78 is 1.93. The number of rotatable bonds is 5. The van der Waals surface area contributed by atoms with Crippen LogP contribution in [0.1, 0.15) is 62.1 Å². The maximum atomic E-state index is 13.3. The van der Waals surface area contributed by atoms with Crippen molar-refractivity contribution in [1.82, 2.24) is 24.6 Å². The summed E-state index contributed by atoms with van der Waals surface area (Å²) >= 11 is 0. The molecule has 0 bridgehead atoms. The minimum Gasteiger partial charge on any atom is -0.352 e. The van der Waals surface area contributed by atoms with Crippen LogP contribution in [-0.2, 0) is 11.8 Å². The lowest BCUT2D eigenvalue weighted by Gasteiger charge is -2.36. The SMILES string of the molecule is Cc1nn(-c2ccccc2)c2nc(CC(C)C)nc(N3CCN(C(=O)c4ccc(C(C)(C)C)cc4)CC3)c12. The van der Waals surface area contributed by atoms with Crippen LogP contribution in [-0.4, -0.2) is 56.7 Å². The van der Waals surface area contributed by atoms with E-state index in [0.717, 1.165) is 59.1 Å². The number of amides is 1. The Morgan fingerprint density at radius 2 is 1.58 bits per heavy atom. The molecule has 3 heterocycles. The highest BCUT2D eigenvalue weighted by Crippen LogP contribution is 2.30. The molecular formula is C31H38N6O. The van der Waals surface area contributed by atoms with E-state index in [4.69, 9.17) is 15.1 Å². The molecule has 0 saturated carbocycles. The van der Waals surface area contributed by atoms with E-state index in [0.29, 0.717) is 19.0 Å². The van der Waals surface area contributed by atoms with Crippen molar-refractivity contribution in [2.24, 2.45) is 5.92 Å². The molecule has 4 aromatic rings. The number of carbonyl (C=O) groups excluding carboxylic acids is 1. The molecule has 1 fully saturated rings. The van der Waals surface area contributed by atoms with Gasteiger partial charge >= 0.3 is 0 Å². The summed E-state index contributed by atoms with van der Waals surface area (Å²) in [4.78, 5) is 27.5. The number of hydrogen-bond donors (Lipinski definition) is 0. The molecule has 0 N–H and O–H groups in total. The van der Waals surface area contributed by atoms with Gasteiger partial charge < -0.3 is 9.80 Å². The predicted molar refractivity (Wildman–Crippen MR) is 153 cm³/mol. The lowest BCUT2D eigenvalue weighted by molar-refractivity contribution is 0.0746. The van der Waals surface area contributed by atoms with Crippen molar-refractivity contribution in [2.75, 3.05) is 31.1 Å². The van der Waals surface area contributed by atoms with Crippen molar-refractivity contribution < 1.29 is 4.79 Å². The Bertz CT molecular complexity index is 1430. The van der Waals surface area contributed by atoms with Gasteiger partial charge in [0, 0.05) is 38.2 Å². The number of aryl methyl sites for hydroxylation is 1. The minimum absolute atomic E-state index is 0.0664. The molecule has 198 valence electrons. The number of aromatic nitrogens is 4. The second-order valence-corrected chi connectivity index (χ2v) is 11.7. The Morgan fingerprint density at radius 1 is 0.921 bits per heavy atom. The summed E-state index contributed by atoms with van der Waals surface area (Å²) in [6.45, 7) is 15.7. The first-order valence-electron chi connectivity index (χ1n) is 13.6. The van der Waals surface area contributed by atoms with Crippen LogP contribution in [0.2, 0.25) is 0 Å². The monoisotopic (exact) mass is 510 g/mol. The lowest BCUT2D eigenvalue weighted by atomic mass is 9.86. The molecule has 1 amide bonds. The van der Waals surface area contributed by atoms with Crippen LogP contribution in [0.3, 0.4) is 0 Å². The predicted octanol–water partition coefficient (Wildman–Crippen LogP) is 5.58. The molecule has 1 aliphatic rings. The fourth-order valence-corrected chi connectivity index (χ4v) is 5.06. The van der Waals surface area contributed by atoms with Gasteiger partial charge in [-0.25, -0.2) is 14.6 Å². The maximum absolute atomic E-state index is 13.3. The van der Waals surface area contributed by atoms with Crippen LogP contribution in [0.5, 0.6) is 0 Å². The van der Waals surface area contributed by atoms with E-state index in [9.17, 15) is 4.79 Å². The van der Waals surface area contributed by atoms with E-state index >= 15 is 0 Å². The number of para-hydroxylation sites is 1. The average molecular weight is 511 g/mol. The summed E-state index contributed by atoms with van der Waals surface area (Å²) in [5.74, 6) is 2.28. The first-order valence-corrected chi connectivity index (χ1v) is 13.6. The van der Waals surface area contributed by atoms with E-state index in [1.54, 1.807) is 0 Å². The molecule has 7 nitrogen and oxygen atoms in total. The number of hydrogen-bond acceptors (Lipinski definition) is 5. The van der Waals surface area contributed by atoms with Gasteiger partial charge in [0.15, 0.2) is 5.65 Å². The van der Waals surface area contributed by atoms with Crippen molar-refractivity contribution >= 4 is 22.8 Å². The first-order chi connectivity index (χ1) is 18.1. The van der Waals surface area contributed by atoms with E-state index < -0.39 is 0 Å². The van der Waals surface area contributed by atoms with Gasteiger partial charge in [-0.1, -0.05) is 65.0 Å². The standard InChI is InChI=1S/C31H38N6O/c1-21(2)20-26-32-28(27-22(3)34-37(29(27)33-26)25-10-8-7-9-11-25)35-16-18-36(19-17-35)30(38)23-12-14-24(15-13-23)31(4,5)6/h7-15,21H,16-20H2,1-6H3. The van der Waals surface area contributed by atoms with E-state index in [2.05, 4.69) is 51.7 Å². The Kier molecular flexibility index (Phi) is 6.95. The quantitative estimate of drug-likeness (QED) is 0.351. The minimum atomic E-state index is 0.0664. The largest absolute Gasteiger partial charge is 0.352 e. The third-order valence-corrected chi connectivity index (χ3v) is 7.19. The van der Waals surface area contributed by atoms with Crippen LogP contribution in [0.15, 0.2) is 54.6 Å². The van der Waals surface area contributed by atoms with Gasteiger partial charge in [-0.05, 0) is 48.1 Å². The summed E-state index contributed by atoms with van der Waals surface area (Å²) in [5, 5.41) is 5.85. The summed E-state index contributed by atoms with van der Waals surface area (Å²) in [6, 6.07) is 18.2. The van der Waals surface area contributed by atoms with E-state index in [1.165, 1.54) is 5.56 Å². The number of nitrogens with zero attached hydrogens (tertiary/aromatic N) is 6. The van der Waals surface area contributed by atoms with Crippen LogP contribution in [0.25, 0.3) is 16.7 Å². The van der Waals surface area contributed by atoms with E-state index in [-0.39, 0.29) is 11.3 Å². The van der Waals surface area contributed by atoms with Gasteiger partial charge in [0.2, 0.25) is 0 Å². The highest BCUT2D eigenvalue weighted by Gasteiger charge is 2.27. The molecule has 2 aromatic carbocycles. The molecule has 0 aliphatic carbocycles. The van der Waals surface area contributed by atoms with Gasteiger partial charge in [-0.2, -0.15) is 5.10 Å². The zero-order valence-electron chi connectivity index (χ0n) is 23.4. The highest BCUT2D eigenvalue weighted by atomic mass is 16.2. The van der Waals surface area contributed by atoms with Crippen LogP contribution < -0.4 is 4.90 Å². The summed E-state index contributed by atoms with van der Waals surface area (Å²) in [5.41, 5.74) is 4.78. The van der Waals surface area contributed by atoms with Gasteiger partial charge in [0.05, 0.1) is 16.8 Å². The molecule has 0 spiro atoms. The molecular weight excluding hydrogens is 472 g/mol. The molecule has 38 heavy (non-hydrogen) atoms. The second kappa shape index (κ2) is 10.2. The zero-order chi connectivity index (χ0) is 27.0. The molecule has 2 aromatic heterocycles. The Morgan fingerprint density at radius 3 is 2.18 bits per heavy atom. The number of fused-ring (bicyclic) bond motifs is 1. The van der Waals surface area contributed by atoms with Crippen LogP contribution in [0.4, 0.5) is 5.82 Å². The molecule has 0 radical (unpaired) electrons. The molecule has 0 atom stereocenters. The van der Waals surface area contributed by atoms with Crippen LogP contribution >= 0.6 is 0 Å². The smallest absolute Gasteiger partial charge is 0.253 e. The van der Waals surface area contributed by atoms with Crippen molar-refractivity contribution in [3.8, 4) is 5.69 Å². The second-order valence-electron chi connectivity index (χ2n) is 11.7. The van der Waals surface area contributed by atoms with E-state index in [1.807, 2.05) is 59.0 Å². The highest BCUT2D eigenvalue weighted by molar-refractivity contribution is 5.95. The third-order valence-electron chi connectivity index (χ3n) is 7.19. The summed E-state index contributed by atoms with van der Waals surface area (Å²) in [7, 11) is 0. The number of anilines is 1. The summed E-state index contributed by atoms with van der Waals surface area (Å²) in [6.07, 6.45) is 0.797. The Hall–Kier alpha value is -3.74. The molecule has 1 aliphatic heterocycles. The topological polar surface area (TPSA) is 67.2 Å². The lowest BCUT2D eigenvalue weighted by Crippen LogP contribution is -2.49. The third kappa shape index (κ3) is 5.15. The normalized spacial score (nSPS) is 14.5. The Labute approximate surface area is 225 Å². The first kappa shape index (κ1) is 25.9. The number of piperazine rings is 1.